The smallest absolute Gasteiger partial charge is 0.274 e. The van der Waals surface area contributed by atoms with Crippen LogP contribution in [0.4, 0.5) is 0 Å². The maximum atomic E-state index is 13.2. The average Bonchev–Trinajstić information content (AvgIpc) is 3.31. The molecule has 1 unspecified atom stereocenters. The van der Waals surface area contributed by atoms with Gasteiger partial charge in [-0.2, -0.15) is 0 Å². The van der Waals surface area contributed by atoms with Gasteiger partial charge in [-0.25, -0.2) is 4.98 Å². The van der Waals surface area contributed by atoms with Crippen molar-refractivity contribution in [3.05, 3.63) is 59.1 Å². The van der Waals surface area contributed by atoms with E-state index >= 15 is 0 Å². The van der Waals surface area contributed by atoms with Crippen molar-refractivity contribution >= 4 is 42.1 Å². The highest BCUT2D eigenvalue weighted by atomic mass is 35.5. The fraction of sp³-hybridized carbons (Fsp3) is 0.278. The van der Waals surface area contributed by atoms with E-state index in [2.05, 4.69) is 15.3 Å². The van der Waals surface area contributed by atoms with Gasteiger partial charge in [-0.3, -0.25) is 9.78 Å². The third-order valence-electron chi connectivity index (χ3n) is 4.30. The third-order valence-corrected chi connectivity index (χ3v) is 5.29. The first-order valence-corrected chi connectivity index (χ1v) is 8.98. The Hall–Kier alpha value is -1.93. The minimum absolute atomic E-state index is 0. The van der Waals surface area contributed by atoms with Crippen molar-refractivity contribution in [1.82, 2.24) is 20.2 Å². The van der Waals surface area contributed by atoms with Crippen molar-refractivity contribution in [3.63, 3.8) is 0 Å². The molecule has 0 bridgehead atoms. The lowest BCUT2D eigenvalue weighted by molar-refractivity contribution is 0.0628. The first kappa shape index (κ1) is 21.4. The maximum Gasteiger partial charge on any atom is 0.274 e. The number of hydrogen-bond donors (Lipinski definition) is 1. The number of nitrogens with one attached hydrogen (secondary N) is 1. The van der Waals surface area contributed by atoms with Crippen LogP contribution in [0.3, 0.4) is 0 Å². The van der Waals surface area contributed by atoms with Gasteiger partial charge in [-0.1, -0.05) is 6.07 Å². The molecule has 1 N–H and O–H groups in total. The predicted molar refractivity (Wildman–Crippen MR) is 110 cm³/mol. The van der Waals surface area contributed by atoms with Gasteiger partial charge < -0.3 is 14.6 Å². The van der Waals surface area contributed by atoms with Gasteiger partial charge in [-0.05, 0) is 30.7 Å². The van der Waals surface area contributed by atoms with E-state index in [1.54, 1.807) is 12.5 Å². The van der Waals surface area contributed by atoms with Gasteiger partial charge in [0.25, 0.3) is 5.91 Å². The van der Waals surface area contributed by atoms with Crippen LogP contribution in [0.1, 0.15) is 27.0 Å². The first-order chi connectivity index (χ1) is 12.2. The molecule has 4 rings (SSSR count). The summed E-state index contributed by atoms with van der Waals surface area (Å²) in [6.45, 7) is 4.06. The Morgan fingerprint density at radius 3 is 2.89 bits per heavy atom. The second kappa shape index (κ2) is 9.32. The van der Waals surface area contributed by atoms with Crippen LogP contribution in [0, 0.1) is 6.92 Å². The summed E-state index contributed by atoms with van der Waals surface area (Å²) >= 11 is 1.48. The number of piperazine rings is 1. The van der Waals surface area contributed by atoms with Crippen LogP contribution in [-0.2, 0) is 0 Å². The summed E-state index contributed by atoms with van der Waals surface area (Å²) in [6.07, 6.45) is 5.18. The molecular formula is C18H20Cl2N4O2S. The maximum absolute atomic E-state index is 13.2. The summed E-state index contributed by atoms with van der Waals surface area (Å²) in [6, 6.07) is 7.55. The molecule has 0 saturated carbocycles. The van der Waals surface area contributed by atoms with Gasteiger partial charge in [0.05, 0.1) is 12.3 Å². The Morgan fingerprint density at radius 2 is 2.19 bits per heavy atom. The van der Waals surface area contributed by atoms with E-state index < -0.39 is 0 Å². The highest BCUT2D eigenvalue weighted by Crippen LogP contribution is 2.30. The van der Waals surface area contributed by atoms with E-state index in [0.29, 0.717) is 24.5 Å². The molecule has 1 aliphatic rings. The van der Waals surface area contributed by atoms with Crippen molar-refractivity contribution < 1.29 is 9.21 Å². The molecule has 1 fully saturated rings. The van der Waals surface area contributed by atoms with Crippen LogP contribution >= 0.6 is 36.2 Å². The standard InChI is InChI=1S/C18H18N4O2S.2ClH/c1-12-16(21-17(25-12)15-5-3-9-24-15)18(23)22-8-7-20-11-14(22)13-4-2-6-19-10-13;;/h2-6,9-10,14,20H,7-8,11H2,1H3;2*1H. The highest BCUT2D eigenvalue weighted by molar-refractivity contribution is 7.15. The molecule has 0 radical (unpaired) electrons. The Bertz CT molecular complexity index is 871. The molecule has 0 aliphatic carbocycles. The Kier molecular flexibility index (Phi) is 7.38. The Balaban J connectivity index is 0.00000131. The number of halogens is 2. The van der Waals surface area contributed by atoms with Crippen molar-refractivity contribution in [3.8, 4) is 10.8 Å². The van der Waals surface area contributed by atoms with Gasteiger partial charge >= 0.3 is 0 Å². The van der Waals surface area contributed by atoms with Gasteiger partial charge in [0, 0.05) is 36.9 Å². The molecule has 0 aromatic carbocycles. The summed E-state index contributed by atoms with van der Waals surface area (Å²) in [5.74, 6) is 0.651. The fourth-order valence-electron chi connectivity index (χ4n) is 3.05. The van der Waals surface area contributed by atoms with Gasteiger partial charge in [0.1, 0.15) is 5.69 Å². The van der Waals surface area contributed by atoms with Crippen molar-refractivity contribution in [2.75, 3.05) is 19.6 Å². The SMILES string of the molecule is Cc1sc(-c2ccco2)nc1C(=O)N1CCNCC1c1cccnc1.Cl.Cl. The molecule has 3 aromatic rings. The minimum Gasteiger partial charge on any atom is -0.462 e. The molecule has 1 amide bonds. The molecule has 3 aromatic heterocycles. The Morgan fingerprint density at radius 1 is 1.33 bits per heavy atom. The van der Waals surface area contributed by atoms with E-state index in [0.717, 1.165) is 22.0 Å². The number of furan rings is 1. The van der Waals surface area contributed by atoms with E-state index in [9.17, 15) is 4.79 Å². The lowest BCUT2D eigenvalue weighted by Crippen LogP contribution is -2.48. The van der Waals surface area contributed by atoms with Crippen LogP contribution in [-0.4, -0.2) is 40.4 Å². The van der Waals surface area contributed by atoms with E-state index in [4.69, 9.17) is 4.42 Å². The summed E-state index contributed by atoms with van der Waals surface area (Å²) in [4.78, 5) is 24.7. The number of aromatic nitrogens is 2. The molecule has 1 saturated heterocycles. The second-order valence-corrected chi connectivity index (χ2v) is 7.11. The number of hydrogen-bond acceptors (Lipinski definition) is 6. The number of aryl methyl sites for hydroxylation is 1. The van der Waals surface area contributed by atoms with E-state index in [1.807, 2.05) is 42.3 Å². The summed E-state index contributed by atoms with van der Waals surface area (Å²) in [5, 5.41) is 4.09. The molecule has 0 spiro atoms. The second-order valence-electron chi connectivity index (χ2n) is 5.91. The number of carbonyl (C=O) groups excluding carboxylic acids is 1. The van der Waals surface area contributed by atoms with Crippen molar-refractivity contribution in [1.29, 1.82) is 0 Å². The fourth-order valence-corrected chi connectivity index (χ4v) is 3.93. The zero-order valence-electron chi connectivity index (χ0n) is 14.6. The first-order valence-electron chi connectivity index (χ1n) is 8.17. The summed E-state index contributed by atoms with van der Waals surface area (Å²) in [7, 11) is 0. The number of amides is 1. The number of rotatable bonds is 3. The molecule has 6 nitrogen and oxygen atoms in total. The lowest BCUT2D eigenvalue weighted by Gasteiger charge is -2.36. The van der Waals surface area contributed by atoms with Crippen LogP contribution in [0.15, 0.2) is 47.3 Å². The van der Waals surface area contributed by atoms with Crippen molar-refractivity contribution in [2.24, 2.45) is 0 Å². The minimum atomic E-state index is -0.0399. The third kappa shape index (κ3) is 4.32. The molecule has 1 aliphatic heterocycles. The highest BCUT2D eigenvalue weighted by Gasteiger charge is 2.31. The largest absolute Gasteiger partial charge is 0.462 e. The number of carbonyl (C=O) groups is 1. The van der Waals surface area contributed by atoms with E-state index in [-0.39, 0.29) is 36.8 Å². The number of thiazole rings is 1. The zero-order chi connectivity index (χ0) is 17.2. The molecule has 1 atom stereocenters. The average molecular weight is 427 g/mol. The summed E-state index contributed by atoms with van der Waals surface area (Å²) < 4.78 is 5.41. The normalized spacial score (nSPS) is 16.3. The van der Waals surface area contributed by atoms with Gasteiger partial charge in [0.15, 0.2) is 10.8 Å². The van der Waals surface area contributed by atoms with Crippen molar-refractivity contribution in [2.45, 2.75) is 13.0 Å². The molecular weight excluding hydrogens is 407 g/mol. The lowest BCUT2D eigenvalue weighted by atomic mass is 10.0. The number of nitrogens with zero attached hydrogens (tertiary/aromatic N) is 3. The van der Waals surface area contributed by atoms with Gasteiger partial charge in [0.2, 0.25) is 0 Å². The topological polar surface area (TPSA) is 71.3 Å². The van der Waals surface area contributed by atoms with Crippen LogP contribution in [0.5, 0.6) is 0 Å². The molecule has 27 heavy (non-hydrogen) atoms. The van der Waals surface area contributed by atoms with E-state index in [1.165, 1.54) is 11.3 Å². The summed E-state index contributed by atoms with van der Waals surface area (Å²) in [5.41, 5.74) is 1.54. The monoisotopic (exact) mass is 426 g/mol. The molecule has 144 valence electrons. The predicted octanol–water partition coefficient (Wildman–Crippen LogP) is 3.74. The Labute approximate surface area is 173 Å². The van der Waals surface area contributed by atoms with Crippen LogP contribution in [0.25, 0.3) is 10.8 Å². The van der Waals surface area contributed by atoms with Crippen LogP contribution in [0.2, 0.25) is 0 Å². The molecule has 4 heterocycles. The zero-order valence-corrected chi connectivity index (χ0v) is 17.1. The molecule has 9 heteroatoms. The number of pyridine rings is 1. The van der Waals surface area contributed by atoms with Gasteiger partial charge in [-0.15, -0.1) is 36.2 Å². The van der Waals surface area contributed by atoms with Crippen LogP contribution < -0.4 is 5.32 Å². The quantitative estimate of drug-likeness (QED) is 0.690.